The van der Waals surface area contributed by atoms with Crippen molar-refractivity contribution in [2.45, 2.75) is 25.2 Å². The maximum Gasteiger partial charge on any atom is 0.308 e. The number of carboxylic acids is 1. The van der Waals surface area contributed by atoms with Crippen LogP contribution in [0.5, 0.6) is 5.88 Å². The molecule has 16 heavy (non-hydrogen) atoms. The van der Waals surface area contributed by atoms with Gasteiger partial charge < -0.3 is 9.84 Å². The lowest BCUT2D eigenvalue weighted by Gasteiger charge is -2.10. The minimum absolute atomic E-state index is 0.105. The monoisotopic (exact) mass is 242 g/mol. The largest absolute Gasteiger partial charge is 0.481 e. The van der Waals surface area contributed by atoms with E-state index in [1.54, 1.807) is 0 Å². The van der Waals surface area contributed by atoms with E-state index in [4.69, 9.17) is 21.4 Å². The number of carbonyl (C=O) groups is 1. The van der Waals surface area contributed by atoms with Crippen molar-refractivity contribution < 1.29 is 14.6 Å². The molecule has 2 rings (SSSR count). The van der Waals surface area contributed by atoms with Crippen LogP contribution in [0.3, 0.4) is 0 Å². The first kappa shape index (κ1) is 11.1. The first-order chi connectivity index (χ1) is 7.61. The van der Waals surface area contributed by atoms with Crippen LogP contribution in [-0.4, -0.2) is 28.2 Å². The van der Waals surface area contributed by atoms with Crippen molar-refractivity contribution in [1.82, 2.24) is 9.97 Å². The van der Waals surface area contributed by atoms with Gasteiger partial charge in [-0.25, -0.2) is 4.98 Å². The molecule has 1 fully saturated rings. The number of nitrogens with zero attached hydrogens (tertiary/aromatic N) is 2. The molecule has 1 heterocycles. The van der Waals surface area contributed by atoms with Crippen molar-refractivity contribution in [3.63, 3.8) is 0 Å². The molecule has 1 aliphatic carbocycles. The molecule has 86 valence electrons. The third-order valence-electron chi connectivity index (χ3n) is 2.46. The molecule has 1 saturated carbocycles. The third-order valence-corrected chi connectivity index (χ3v) is 2.63. The van der Waals surface area contributed by atoms with Crippen molar-refractivity contribution in [3.8, 4) is 5.88 Å². The zero-order valence-corrected chi connectivity index (χ0v) is 9.49. The van der Waals surface area contributed by atoms with Crippen LogP contribution < -0.4 is 4.74 Å². The number of aliphatic carboxylic acids is 1. The summed E-state index contributed by atoms with van der Waals surface area (Å²) in [5.74, 6) is -0.348. The highest BCUT2D eigenvalue weighted by molar-refractivity contribution is 6.28. The Balaban J connectivity index is 2.46. The van der Waals surface area contributed by atoms with Gasteiger partial charge >= 0.3 is 5.97 Å². The lowest BCUT2D eigenvalue weighted by Crippen LogP contribution is -2.09. The van der Waals surface area contributed by atoms with E-state index in [0.717, 1.165) is 18.5 Å². The smallest absolute Gasteiger partial charge is 0.308 e. The average Bonchev–Trinajstić information content (AvgIpc) is 3.02. The molecule has 0 aromatic carbocycles. The lowest BCUT2D eigenvalue weighted by atomic mass is 10.1. The summed E-state index contributed by atoms with van der Waals surface area (Å²) in [4.78, 5) is 18.8. The summed E-state index contributed by atoms with van der Waals surface area (Å²) in [6.45, 7) is 0. The quantitative estimate of drug-likeness (QED) is 0.813. The number of hydrogen-bond acceptors (Lipinski definition) is 4. The van der Waals surface area contributed by atoms with Crippen LogP contribution in [0.1, 0.15) is 30.0 Å². The number of rotatable bonds is 4. The van der Waals surface area contributed by atoms with Gasteiger partial charge in [0.15, 0.2) is 0 Å². The Morgan fingerprint density at radius 2 is 2.25 bits per heavy atom. The number of ether oxygens (including phenoxy) is 1. The molecule has 1 N–H and O–H groups in total. The molecule has 0 aliphatic heterocycles. The molecule has 1 aromatic heterocycles. The minimum Gasteiger partial charge on any atom is -0.481 e. The topological polar surface area (TPSA) is 72.3 Å². The summed E-state index contributed by atoms with van der Waals surface area (Å²) in [5, 5.41) is 8.94. The molecule has 0 spiro atoms. The van der Waals surface area contributed by atoms with E-state index < -0.39 is 5.97 Å². The maximum atomic E-state index is 10.8. The summed E-state index contributed by atoms with van der Waals surface area (Å²) in [6.07, 6.45) is 1.90. The fourth-order valence-corrected chi connectivity index (χ4v) is 1.80. The number of halogens is 1. The normalized spacial score (nSPS) is 14.9. The minimum atomic E-state index is -0.925. The molecule has 0 bridgehead atoms. The van der Waals surface area contributed by atoms with Crippen LogP contribution in [-0.2, 0) is 11.2 Å². The van der Waals surface area contributed by atoms with Gasteiger partial charge in [0.1, 0.15) is 0 Å². The molecule has 5 nitrogen and oxygen atoms in total. The van der Waals surface area contributed by atoms with Crippen molar-refractivity contribution >= 4 is 17.6 Å². The standard InChI is InChI=1S/C10H11ClN2O3/c1-16-9-6(4-7(14)15)8(5-2-3-5)12-10(11)13-9/h5H,2-4H2,1H3,(H,14,15). The van der Waals surface area contributed by atoms with Crippen molar-refractivity contribution in [2.75, 3.05) is 7.11 Å². The summed E-state index contributed by atoms with van der Waals surface area (Å²) in [5.41, 5.74) is 1.26. The Morgan fingerprint density at radius 1 is 1.56 bits per heavy atom. The van der Waals surface area contributed by atoms with E-state index in [-0.39, 0.29) is 17.6 Å². The maximum absolute atomic E-state index is 10.8. The number of hydrogen-bond donors (Lipinski definition) is 1. The van der Waals surface area contributed by atoms with Crippen LogP contribution in [0.25, 0.3) is 0 Å². The van der Waals surface area contributed by atoms with Crippen molar-refractivity contribution in [2.24, 2.45) is 0 Å². The van der Waals surface area contributed by atoms with Gasteiger partial charge in [-0.15, -0.1) is 0 Å². The fourth-order valence-electron chi connectivity index (χ4n) is 1.63. The number of methoxy groups -OCH3 is 1. The molecule has 0 saturated heterocycles. The van der Waals surface area contributed by atoms with Gasteiger partial charge in [-0.05, 0) is 24.4 Å². The molecular weight excluding hydrogens is 232 g/mol. The van der Waals surface area contributed by atoms with E-state index in [2.05, 4.69) is 9.97 Å². The first-order valence-corrected chi connectivity index (χ1v) is 5.31. The second kappa shape index (κ2) is 4.25. The summed E-state index contributed by atoms with van der Waals surface area (Å²) in [7, 11) is 1.45. The van der Waals surface area contributed by atoms with Crippen LogP contribution in [0.2, 0.25) is 5.28 Å². The van der Waals surface area contributed by atoms with Crippen LogP contribution in [0, 0.1) is 0 Å². The van der Waals surface area contributed by atoms with Gasteiger partial charge in [0.25, 0.3) is 0 Å². The highest BCUT2D eigenvalue weighted by Crippen LogP contribution is 2.42. The predicted octanol–water partition coefficient (Wildman–Crippen LogP) is 1.64. The van der Waals surface area contributed by atoms with Gasteiger partial charge in [-0.2, -0.15) is 4.98 Å². The predicted molar refractivity (Wildman–Crippen MR) is 56.9 cm³/mol. The van der Waals surface area contributed by atoms with Gasteiger partial charge in [0.2, 0.25) is 11.2 Å². The van der Waals surface area contributed by atoms with Crippen molar-refractivity contribution in [3.05, 3.63) is 16.5 Å². The zero-order chi connectivity index (χ0) is 11.7. The van der Waals surface area contributed by atoms with E-state index in [0.29, 0.717) is 11.5 Å². The average molecular weight is 243 g/mol. The second-order valence-electron chi connectivity index (χ2n) is 3.71. The summed E-state index contributed by atoms with van der Waals surface area (Å²) >= 11 is 5.76. The Labute approximate surface area is 97.4 Å². The summed E-state index contributed by atoms with van der Waals surface area (Å²) < 4.78 is 5.05. The van der Waals surface area contributed by atoms with E-state index in [1.165, 1.54) is 7.11 Å². The molecular formula is C10H11ClN2O3. The Kier molecular flexibility index (Phi) is 2.96. The number of aromatic nitrogens is 2. The van der Waals surface area contributed by atoms with Crippen LogP contribution in [0.15, 0.2) is 0 Å². The molecule has 0 unspecified atom stereocenters. The van der Waals surface area contributed by atoms with E-state index in [1.807, 2.05) is 0 Å². The van der Waals surface area contributed by atoms with Gasteiger partial charge in [0.05, 0.1) is 19.2 Å². The highest BCUT2D eigenvalue weighted by Gasteiger charge is 2.31. The van der Waals surface area contributed by atoms with Gasteiger partial charge in [-0.3, -0.25) is 4.79 Å². The Bertz CT molecular complexity index is 432. The highest BCUT2D eigenvalue weighted by atomic mass is 35.5. The molecule has 0 atom stereocenters. The van der Waals surface area contributed by atoms with Gasteiger partial charge in [-0.1, -0.05) is 0 Å². The molecule has 0 amide bonds. The molecule has 1 aliphatic rings. The van der Waals surface area contributed by atoms with Crippen molar-refractivity contribution in [1.29, 1.82) is 0 Å². The van der Waals surface area contributed by atoms with E-state index in [9.17, 15) is 4.79 Å². The molecule has 1 aromatic rings. The third kappa shape index (κ3) is 2.24. The Hall–Kier alpha value is -1.36. The SMILES string of the molecule is COc1nc(Cl)nc(C2CC2)c1CC(=O)O. The first-order valence-electron chi connectivity index (χ1n) is 4.94. The van der Waals surface area contributed by atoms with Crippen LogP contribution >= 0.6 is 11.6 Å². The second-order valence-corrected chi connectivity index (χ2v) is 4.05. The number of carboxylic acid groups (broad SMARTS) is 1. The zero-order valence-electron chi connectivity index (χ0n) is 8.73. The van der Waals surface area contributed by atoms with E-state index >= 15 is 0 Å². The van der Waals surface area contributed by atoms with Crippen LogP contribution in [0.4, 0.5) is 0 Å². The Morgan fingerprint density at radius 3 is 2.75 bits per heavy atom. The molecule has 6 heteroatoms. The lowest BCUT2D eigenvalue weighted by molar-refractivity contribution is -0.136. The van der Waals surface area contributed by atoms with Gasteiger partial charge in [0, 0.05) is 11.5 Å². The fraction of sp³-hybridized carbons (Fsp3) is 0.500. The summed E-state index contributed by atoms with van der Waals surface area (Å²) in [6, 6.07) is 0. The molecule has 0 radical (unpaired) electrons.